The third-order valence-electron chi connectivity index (χ3n) is 2.82. The molecule has 0 saturated carbocycles. The van der Waals surface area contributed by atoms with Crippen LogP contribution in [0.5, 0.6) is 0 Å². The van der Waals surface area contributed by atoms with Crippen LogP contribution in [-0.2, 0) is 0 Å². The topological polar surface area (TPSA) is 41.3 Å². The summed E-state index contributed by atoms with van der Waals surface area (Å²) < 4.78 is 0. The van der Waals surface area contributed by atoms with Crippen molar-refractivity contribution in [1.82, 2.24) is 10.3 Å². The van der Waals surface area contributed by atoms with Crippen LogP contribution in [-0.4, -0.2) is 30.1 Å². The van der Waals surface area contributed by atoms with Crippen LogP contribution in [0.1, 0.15) is 19.3 Å². The molecule has 2 rings (SSSR count). The maximum absolute atomic E-state index is 5.41. The Balaban J connectivity index is 2.01. The average molecular weight is 141 g/mol. The maximum atomic E-state index is 5.41. The van der Waals surface area contributed by atoms with Gasteiger partial charge in [-0.25, -0.2) is 0 Å². The molecule has 3 nitrogen and oxygen atoms in total. The summed E-state index contributed by atoms with van der Waals surface area (Å²) in [4.78, 5) is 2.55. The van der Waals surface area contributed by atoms with Gasteiger partial charge in [0.1, 0.15) is 0 Å². The lowest BCUT2D eigenvalue weighted by atomic mass is 10.1. The standard InChI is InChI=1S/C7H15N3/c8-9-6-3-5-10-4-1-2-7(6)10/h6-7,9H,1-5,8H2. The van der Waals surface area contributed by atoms with Crippen molar-refractivity contribution >= 4 is 0 Å². The van der Waals surface area contributed by atoms with E-state index in [-0.39, 0.29) is 0 Å². The molecule has 58 valence electrons. The molecule has 2 aliphatic rings. The molecule has 3 heteroatoms. The molecule has 0 aromatic carbocycles. The highest BCUT2D eigenvalue weighted by Gasteiger charge is 2.36. The monoisotopic (exact) mass is 141 g/mol. The molecule has 0 aromatic heterocycles. The van der Waals surface area contributed by atoms with E-state index in [1.54, 1.807) is 0 Å². The normalized spacial score (nSPS) is 40.5. The Kier molecular flexibility index (Phi) is 1.64. The summed E-state index contributed by atoms with van der Waals surface area (Å²) in [5.41, 5.74) is 2.89. The van der Waals surface area contributed by atoms with E-state index >= 15 is 0 Å². The second kappa shape index (κ2) is 2.49. The zero-order chi connectivity index (χ0) is 6.97. The average Bonchev–Trinajstić information content (AvgIpc) is 2.44. The van der Waals surface area contributed by atoms with Gasteiger partial charge < -0.3 is 0 Å². The molecular weight excluding hydrogens is 126 g/mol. The smallest absolute Gasteiger partial charge is 0.0378 e. The number of hydrogen-bond donors (Lipinski definition) is 2. The molecule has 0 spiro atoms. The highest BCUT2D eigenvalue weighted by atomic mass is 15.3. The number of nitrogens with zero attached hydrogens (tertiary/aromatic N) is 1. The predicted molar refractivity (Wildman–Crippen MR) is 40.3 cm³/mol. The zero-order valence-corrected chi connectivity index (χ0v) is 6.21. The van der Waals surface area contributed by atoms with E-state index in [0.717, 1.165) is 6.04 Å². The lowest BCUT2D eigenvalue weighted by Crippen LogP contribution is -2.42. The van der Waals surface area contributed by atoms with E-state index in [4.69, 9.17) is 5.84 Å². The van der Waals surface area contributed by atoms with Crippen LogP contribution >= 0.6 is 0 Å². The SMILES string of the molecule is NNC1CCN2CCCC12. The Morgan fingerprint density at radius 3 is 3.00 bits per heavy atom. The summed E-state index contributed by atoms with van der Waals surface area (Å²) in [5.74, 6) is 5.41. The molecule has 2 atom stereocenters. The molecule has 0 aliphatic carbocycles. The summed E-state index contributed by atoms with van der Waals surface area (Å²) in [6, 6.07) is 1.33. The van der Waals surface area contributed by atoms with Crippen LogP contribution in [0.2, 0.25) is 0 Å². The second-order valence-electron chi connectivity index (χ2n) is 3.31. The fraction of sp³-hybridized carbons (Fsp3) is 1.00. The Bertz CT molecular complexity index is 126. The molecule has 2 heterocycles. The number of hydrazine groups is 1. The first-order chi connectivity index (χ1) is 4.92. The minimum absolute atomic E-state index is 0.572. The lowest BCUT2D eigenvalue weighted by Gasteiger charge is -2.18. The second-order valence-corrected chi connectivity index (χ2v) is 3.31. The van der Waals surface area contributed by atoms with Crippen LogP contribution < -0.4 is 11.3 Å². The molecule has 2 unspecified atom stereocenters. The Morgan fingerprint density at radius 1 is 1.30 bits per heavy atom. The maximum Gasteiger partial charge on any atom is 0.0378 e. The molecule has 2 fully saturated rings. The van der Waals surface area contributed by atoms with Crippen LogP contribution in [0.15, 0.2) is 0 Å². The van der Waals surface area contributed by atoms with Gasteiger partial charge in [0.2, 0.25) is 0 Å². The minimum Gasteiger partial charge on any atom is -0.299 e. The first-order valence-electron chi connectivity index (χ1n) is 4.12. The number of fused-ring (bicyclic) bond motifs is 1. The van der Waals surface area contributed by atoms with Crippen molar-refractivity contribution in [2.24, 2.45) is 5.84 Å². The van der Waals surface area contributed by atoms with Crippen molar-refractivity contribution in [2.75, 3.05) is 13.1 Å². The van der Waals surface area contributed by atoms with Gasteiger partial charge in [-0.1, -0.05) is 0 Å². The molecule has 0 radical (unpaired) electrons. The molecule has 3 N–H and O–H groups in total. The summed E-state index contributed by atoms with van der Waals surface area (Å²) >= 11 is 0. The third-order valence-corrected chi connectivity index (χ3v) is 2.82. The molecular formula is C7H15N3. The van der Waals surface area contributed by atoms with Crippen LogP contribution in [0.4, 0.5) is 0 Å². The Hall–Kier alpha value is -0.120. The van der Waals surface area contributed by atoms with Crippen molar-refractivity contribution in [3.05, 3.63) is 0 Å². The van der Waals surface area contributed by atoms with Crippen molar-refractivity contribution in [1.29, 1.82) is 0 Å². The van der Waals surface area contributed by atoms with Gasteiger partial charge in [-0.05, 0) is 25.8 Å². The van der Waals surface area contributed by atoms with Crippen molar-refractivity contribution in [3.63, 3.8) is 0 Å². The van der Waals surface area contributed by atoms with E-state index in [9.17, 15) is 0 Å². The molecule has 0 bridgehead atoms. The first kappa shape index (κ1) is 6.58. The van der Waals surface area contributed by atoms with Crippen LogP contribution in [0.3, 0.4) is 0 Å². The fourth-order valence-electron chi connectivity index (χ4n) is 2.28. The van der Waals surface area contributed by atoms with Crippen LogP contribution in [0, 0.1) is 0 Å². The van der Waals surface area contributed by atoms with Gasteiger partial charge in [0.15, 0.2) is 0 Å². The van der Waals surface area contributed by atoms with E-state index in [1.807, 2.05) is 0 Å². The van der Waals surface area contributed by atoms with E-state index < -0.39 is 0 Å². The molecule has 0 amide bonds. The summed E-state index contributed by atoms with van der Waals surface area (Å²) in [5, 5.41) is 0. The van der Waals surface area contributed by atoms with Gasteiger partial charge in [0.05, 0.1) is 0 Å². The van der Waals surface area contributed by atoms with Crippen molar-refractivity contribution in [3.8, 4) is 0 Å². The summed E-state index contributed by atoms with van der Waals surface area (Å²) in [6.07, 6.45) is 3.94. The quantitative estimate of drug-likeness (QED) is 0.388. The highest BCUT2D eigenvalue weighted by molar-refractivity contribution is 4.94. The fourth-order valence-corrected chi connectivity index (χ4v) is 2.28. The van der Waals surface area contributed by atoms with Gasteiger partial charge in [-0.2, -0.15) is 0 Å². The molecule has 2 saturated heterocycles. The summed E-state index contributed by atoms with van der Waals surface area (Å²) in [7, 11) is 0. The largest absolute Gasteiger partial charge is 0.299 e. The number of nitrogens with one attached hydrogen (secondary N) is 1. The van der Waals surface area contributed by atoms with Gasteiger partial charge in [0.25, 0.3) is 0 Å². The van der Waals surface area contributed by atoms with Crippen molar-refractivity contribution in [2.45, 2.75) is 31.3 Å². The number of hydrogen-bond acceptors (Lipinski definition) is 3. The first-order valence-corrected chi connectivity index (χ1v) is 4.12. The number of nitrogens with two attached hydrogens (primary N) is 1. The third kappa shape index (κ3) is 0.856. The Labute approximate surface area is 61.5 Å². The van der Waals surface area contributed by atoms with E-state index in [2.05, 4.69) is 10.3 Å². The predicted octanol–water partition coefficient (Wildman–Crippen LogP) is -0.314. The van der Waals surface area contributed by atoms with Gasteiger partial charge in [0, 0.05) is 18.6 Å². The summed E-state index contributed by atoms with van der Waals surface area (Å²) in [6.45, 7) is 2.54. The molecule has 10 heavy (non-hydrogen) atoms. The van der Waals surface area contributed by atoms with E-state index in [1.165, 1.54) is 32.4 Å². The Morgan fingerprint density at radius 2 is 2.20 bits per heavy atom. The molecule has 0 aromatic rings. The van der Waals surface area contributed by atoms with Gasteiger partial charge in [-0.3, -0.25) is 16.2 Å². The van der Waals surface area contributed by atoms with Gasteiger partial charge >= 0.3 is 0 Å². The minimum atomic E-state index is 0.572. The lowest BCUT2D eigenvalue weighted by molar-refractivity contribution is 0.300. The zero-order valence-electron chi connectivity index (χ0n) is 6.21. The van der Waals surface area contributed by atoms with Crippen molar-refractivity contribution < 1.29 is 0 Å². The number of rotatable bonds is 1. The highest BCUT2D eigenvalue weighted by Crippen LogP contribution is 2.27. The van der Waals surface area contributed by atoms with Gasteiger partial charge in [-0.15, -0.1) is 0 Å². The van der Waals surface area contributed by atoms with Crippen LogP contribution in [0.25, 0.3) is 0 Å². The van der Waals surface area contributed by atoms with E-state index in [0.29, 0.717) is 6.04 Å². The molecule has 2 aliphatic heterocycles.